The number of nitrogens with zero attached hydrogens (tertiary/aromatic N) is 2. The van der Waals surface area contributed by atoms with E-state index in [1.165, 1.54) is 18.9 Å². The SMILES string of the molecule is CCc1cccc2nc(-c3c(F)cccc3OC)c(NC3CCCC3)n12. The van der Waals surface area contributed by atoms with Crippen LogP contribution in [0.3, 0.4) is 0 Å². The first-order valence-corrected chi connectivity index (χ1v) is 9.32. The summed E-state index contributed by atoms with van der Waals surface area (Å²) in [7, 11) is 1.57. The maximum absolute atomic E-state index is 14.8. The molecule has 136 valence electrons. The zero-order valence-corrected chi connectivity index (χ0v) is 15.3. The summed E-state index contributed by atoms with van der Waals surface area (Å²) in [4.78, 5) is 4.78. The molecule has 0 amide bonds. The smallest absolute Gasteiger partial charge is 0.139 e. The van der Waals surface area contributed by atoms with Crippen molar-refractivity contribution in [2.45, 2.75) is 45.1 Å². The molecule has 1 N–H and O–H groups in total. The van der Waals surface area contributed by atoms with Gasteiger partial charge in [0, 0.05) is 11.7 Å². The number of aryl methyl sites for hydroxylation is 1. The summed E-state index contributed by atoms with van der Waals surface area (Å²) in [6.07, 6.45) is 5.60. The average molecular weight is 353 g/mol. The van der Waals surface area contributed by atoms with Crippen molar-refractivity contribution in [3.8, 4) is 17.0 Å². The standard InChI is InChI=1S/C21H24FN3O/c1-3-15-10-6-13-18-24-20(19-16(22)11-7-12-17(19)26-2)21(25(15)18)23-14-8-4-5-9-14/h6-7,10-14,23H,3-5,8-9H2,1-2H3. The number of benzene rings is 1. The Balaban J connectivity index is 1.97. The predicted molar refractivity (Wildman–Crippen MR) is 102 cm³/mol. The predicted octanol–water partition coefficient (Wildman–Crippen LogP) is 5.07. The van der Waals surface area contributed by atoms with Crippen molar-refractivity contribution in [2.75, 3.05) is 12.4 Å². The van der Waals surface area contributed by atoms with Gasteiger partial charge in [-0.1, -0.05) is 31.9 Å². The van der Waals surface area contributed by atoms with Gasteiger partial charge in [-0.3, -0.25) is 4.40 Å². The van der Waals surface area contributed by atoms with Gasteiger partial charge in [-0.25, -0.2) is 9.37 Å². The molecule has 26 heavy (non-hydrogen) atoms. The Labute approximate surface area is 153 Å². The molecule has 5 heteroatoms. The highest BCUT2D eigenvalue weighted by Gasteiger charge is 2.25. The van der Waals surface area contributed by atoms with Gasteiger partial charge >= 0.3 is 0 Å². The molecule has 0 atom stereocenters. The molecular weight excluding hydrogens is 329 g/mol. The van der Waals surface area contributed by atoms with Gasteiger partial charge < -0.3 is 10.1 Å². The average Bonchev–Trinajstić information content (AvgIpc) is 3.30. The van der Waals surface area contributed by atoms with E-state index in [9.17, 15) is 4.39 Å². The highest BCUT2D eigenvalue weighted by atomic mass is 19.1. The quantitative estimate of drug-likeness (QED) is 0.696. The Bertz CT molecular complexity index is 928. The fourth-order valence-corrected chi connectivity index (χ4v) is 3.91. The number of nitrogens with one attached hydrogen (secondary N) is 1. The van der Waals surface area contributed by atoms with Crippen molar-refractivity contribution in [3.05, 3.63) is 47.9 Å². The number of aromatic nitrogens is 2. The lowest BCUT2D eigenvalue weighted by Gasteiger charge is -2.17. The minimum Gasteiger partial charge on any atom is -0.496 e. The second kappa shape index (κ2) is 6.98. The van der Waals surface area contributed by atoms with E-state index >= 15 is 0 Å². The molecule has 1 aliphatic carbocycles. The van der Waals surface area contributed by atoms with Crippen LogP contribution in [-0.2, 0) is 6.42 Å². The third-order valence-electron chi connectivity index (χ3n) is 5.21. The molecule has 1 aromatic carbocycles. The van der Waals surface area contributed by atoms with Crippen LogP contribution >= 0.6 is 0 Å². The number of rotatable bonds is 5. The molecule has 0 spiro atoms. The van der Waals surface area contributed by atoms with E-state index in [-0.39, 0.29) is 5.82 Å². The number of halogens is 1. The Morgan fingerprint density at radius 3 is 2.69 bits per heavy atom. The summed E-state index contributed by atoms with van der Waals surface area (Å²) in [6.45, 7) is 2.12. The fraction of sp³-hybridized carbons (Fsp3) is 0.381. The van der Waals surface area contributed by atoms with Crippen molar-refractivity contribution < 1.29 is 9.13 Å². The van der Waals surface area contributed by atoms with Crippen LogP contribution in [0.5, 0.6) is 5.75 Å². The molecule has 2 heterocycles. The lowest BCUT2D eigenvalue weighted by Crippen LogP contribution is -2.17. The highest BCUT2D eigenvalue weighted by Crippen LogP contribution is 2.38. The van der Waals surface area contributed by atoms with Crippen LogP contribution in [-0.4, -0.2) is 22.5 Å². The molecule has 4 nitrogen and oxygen atoms in total. The van der Waals surface area contributed by atoms with Gasteiger partial charge in [0.05, 0.1) is 12.7 Å². The largest absolute Gasteiger partial charge is 0.496 e. The van der Waals surface area contributed by atoms with E-state index in [1.54, 1.807) is 19.2 Å². The van der Waals surface area contributed by atoms with Crippen LogP contribution in [0.4, 0.5) is 10.2 Å². The van der Waals surface area contributed by atoms with Gasteiger partial charge in [0.2, 0.25) is 0 Å². The summed E-state index contributed by atoms with van der Waals surface area (Å²) in [6, 6.07) is 11.4. The Hall–Kier alpha value is -2.56. The van der Waals surface area contributed by atoms with Gasteiger partial charge in [-0.15, -0.1) is 0 Å². The summed E-state index contributed by atoms with van der Waals surface area (Å²) < 4.78 is 22.3. The molecule has 1 saturated carbocycles. The molecule has 4 rings (SSSR count). The maximum atomic E-state index is 14.8. The van der Waals surface area contributed by atoms with E-state index in [0.29, 0.717) is 23.0 Å². The third kappa shape index (κ3) is 2.81. The van der Waals surface area contributed by atoms with Crippen molar-refractivity contribution in [1.29, 1.82) is 0 Å². The summed E-state index contributed by atoms with van der Waals surface area (Å²) in [5, 5.41) is 3.66. The van der Waals surface area contributed by atoms with Gasteiger partial charge in [0.15, 0.2) is 0 Å². The number of pyridine rings is 1. The number of hydrogen-bond donors (Lipinski definition) is 1. The molecule has 2 aromatic heterocycles. The molecular formula is C21H24FN3O. The monoisotopic (exact) mass is 353 g/mol. The Morgan fingerprint density at radius 1 is 1.19 bits per heavy atom. The van der Waals surface area contributed by atoms with Crippen molar-refractivity contribution in [1.82, 2.24) is 9.38 Å². The zero-order valence-electron chi connectivity index (χ0n) is 15.3. The second-order valence-electron chi connectivity index (χ2n) is 6.82. The second-order valence-corrected chi connectivity index (χ2v) is 6.82. The number of ether oxygens (including phenoxy) is 1. The Kier molecular flexibility index (Phi) is 4.53. The molecule has 3 aromatic rings. The van der Waals surface area contributed by atoms with Crippen LogP contribution in [0.25, 0.3) is 16.9 Å². The van der Waals surface area contributed by atoms with Gasteiger partial charge in [0.1, 0.15) is 28.7 Å². The topological polar surface area (TPSA) is 38.6 Å². The van der Waals surface area contributed by atoms with Crippen molar-refractivity contribution >= 4 is 11.5 Å². The normalized spacial score (nSPS) is 14.9. The van der Waals surface area contributed by atoms with Crippen LogP contribution in [0.2, 0.25) is 0 Å². The van der Waals surface area contributed by atoms with E-state index in [2.05, 4.69) is 22.7 Å². The van der Waals surface area contributed by atoms with Gasteiger partial charge in [-0.2, -0.15) is 0 Å². The molecule has 1 fully saturated rings. The number of methoxy groups -OCH3 is 1. The number of fused-ring (bicyclic) bond motifs is 1. The minimum absolute atomic E-state index is 0.319. The first kappa shape index (κ1) is 16.9. The first-order chi connectivity index (χ1) is 12.7. The summed E-state index contributed by atoms with van der Waals surface area (Å²) in [5.41, 5.74) is 3.01. The van der Waals surface area contributed by atoms with E-state index in [1.807, 2.05) is 12.1 Å². The van der Waals surface area contributed by atoms with E-state index in [0.717, 1.165) is 36.4 Å². The number of anilines is 1. The fourth-order valence-electron chi connectivity index (χ4n) is 3.91. The molecule has 1 aliphatic rings. The number of imidazole rings is 1. The first-order valence-electron chi connectivity index (χ1n) is 9.32. The molecule has 0 aliphatic heterocycles. The lowest BCUT2D eigenvalue weighted by molar-refractivity contribution is 0.413. The molecule has 0 bridgehead atoms. The van der Waals surface area contributed by atoms with Crippen LogP contribution in [0, 0.1) is 5.82 Å². The van der Waals surface area contributed by atoms with Crippen molar-refractivity contribution in [3.63, 3.8) is 0 Å². The maximum Gasteiger partial charge on any atom is 0.139 e. The van der Waals surface area contributed by atoms with Crippen LogP contribution in [0.1, 0.15) is 38.3 Å². The molecule has 0 saturated heterocycles. The molecule has 0 radical (unpaired) electrons. The third-order valence-corrected chi connectivity index (χ3v) is 5.21. The summed E-state index contributed by atoms with van der Waals surface area (Å²) >= 11 is 0. The minimum atomic E-state index is -0.319. The number of hydrogen-bond acceptors (Lipinski definition) is 3. The highest BCUT2D eigenvalue weighted by molar-refractivity contribution is 5.81. The lowest BCUT2D eigenvalue weighted by atomic mass is 10.1. The van der Waals surface area contributed by atoms with Crippen molar-refractivity contribution in [2.24, 2.45) is 0 Å². The molecule has 0 unspecified atom stereocenters. The van der Waals surface area contributed by atoms with Gasteiger partial charge in [-0.05, 0) is 43.5 Å². The van der Waals surface area contributed by atoms with Gasteiger partial charge in [0.25, 0.3) is 0 Å². The van der Waals surface area contributed by atoms with Crippen LogP contribution < -0.4 is 10.1 Å². The Morgan fingerprint density at radius 2 is 1.96 bits per heavy atom. The van der Waals surface area contributed by atoms with Crippen LogP contribution in [0.15, 0.2) is 36.4 Å². The zero-order chi connectivity index (χ0) is 18.1. The summed E-state index contributed by atoms with van der Waals surface area (Å²) in [5.74, 6) is 1.05. The van der Waals surface area contributed by atoms with E-state index < -0.39 is 0 Å². The van der Waals surface area contributed by atoms with E-state index in [4.69, 9.17) is 9.72 Å².